The van der Waals surface area contributed by atoms with E-state index in [2.05, 4.69) is 15.3 Å². The third-order valence-electron chi connectivity index (χ3n) is 5.09. The number of hydrogen-bond donors (Lipinski definition) is 1. The van der Waals surface area contributed by atoms with E-state index in [4.69, 9.17) is 4.74 Å². The molecule has 7 nitrogen and oxygen atoms in total. The number of halogens is 2. The maximum absolute atomic E-state index is 14.5. The smallest absolute Gasteiger partial charge is 0.273 e. The highest BCUT2D eigenvalue weighted by molar-refractivity contribution is 5.92. The number of carbonyl (C=O) groups is 1. The molecule has 0 bridgehead atoms. The number of fused-ring (bicyclic) bond motifs is 2. The second-order valence-electron chi connectivity index (χ2n) is 7.28. The van der Waals surface area contributed by atoms with Gasteiger partial charge < -0.3 is 15.0 Å². The minimum atomic E-state index is -0.694. The zero-order valence-corrected chi connectivity index (χ0v) is 16.6. The van der Waals surface area contributed by atoms with E-state index in [1.54, 1.807) is 24.7 Å². The van der Waals surface area contributed by atoms with Gasteiger partial charge in [-0.2, -0.15) is 0 Å². The number of benzene rings is 1. The minimum Gasteiger partial charge on any atom is -0.493 e. The van der Waals surface area contributed by atoms with Gasteiger partial charge in [0.25, 0.3) is 5.91 Å². The van der Waals surface area contributed by atoms with Crippen molar-refractivity contribution in [1.82, 2.24) is 19.3 Å². The summed E-state index contributed by atoms with van der Waals surface area (Å²) in [5, 5.41) is 3.21. The molecule has 1 aliphatic heterocycles. The molecule has 0 spiro atoms. The number of aryl methyl sites for hydroxylation is 2. The molecule has 9 heteroatoms. The van der Waals surface area contributed by atoms with E-state index < -0.39 is 17.7 Å². The molecule has 0 saturated heterocycles. The first kappa shape index (κ1) is 19.1. The fourth-order valence-corrected chi connectivity index (χ4v) is 3.46. The zero-order chi connectivity index (χ0) is 20.9. The largest absolute Gasteiger partial charge is 0.493 e. The highest BCUT2D eigenvalue weighted by atomic mass is 19.1. The summed E-state index contributed by atoms with van der Waals surface area (Å²) in [6, 6.07) is 1.50. The van der Waals surface area contributed by atoms with Gasteiger partial charge in [0.1, 0.15) is 23.1 Å². The van der Waals surface area contributed by atoms with Crippen LogP contribution in [-0.4, -0.2) is 45.9 Å². The molecule has 29 heavy (non-hydrogen) atoms. The normalized spacial score (nSPS) is 15.7. The van der Waals surface area contributed by atoms with Crippen LogP contribution in [-0.2, 0) is 0 Å². The molecule has 0 saturated carbocycles. The Bertz CT molecular complexity index is 1130. The average Bonchev–Trinajstić information content (AvgIpc) is 2.95. The fraction of sp³-hybridized carbons (Fsp3) is 0.350. The molecule has 3 aromatic rings. The number of nitrogens with zero attached hydrogens (tertiary/aromatic N) is 4. The van der Waals surface area contributed by atoms with Gasteiger partial charge in [0.2, 0.25) is 0 Å². The van der Waals surface area contributed by atoms with Crippen molar-refractivity contribution in [3.05, 3.63) is 52.6 Å². The van der Waals surface area contributed by atoms with Crippen molar-refractivity contribution in [2.45, 2.75) is 26.3 Å². The number of anilines is 1. The fourth-order valence-electron chi connectivity index (χ4n) is 3.46. The molecule has 0 radical (unpaired) electrons. The van der Waals surface area contributed by atoms with Crippen molar-refractivity contribution in [3.8, 4) is 5.75 Å². The maximum atomic E-state index is 14.5. The lowest BCUT2D eigenvalue weighted by atomic mass is 9.99. The van der Waals surface area contributed by atoms with Gasteiger partial charge >= 0.3 is 0 Å². The van der Waals surface area contributed by atoms with Crippen LogP contribution >= 0.6 is 0 Å². The molecule has 1 aliphatic rings. The summed E-state index contributed by atoms with van der Waals surface area (Å²) < 4.78 is 35.3. The van der Waals surface area contributed by atoms with Gasteiger partial charge in [0, 0.05) is 44.5 Å². The van der Waals surface area contributed by atoms with E-state index in [1.807, 2.05) is 13.8 Å². The van der Waals surface area contributed by atoms with Gasteiger partial charge in [-0.15, -0.1) is 0 Å². The highest BCUT2D eigenvalue weighted by Crippen LogP contribution is 2.37. The summed E-state index contributed by atoms with van der Waals surface area (Å²) in [6.45, 7) is 4.06. The first-order chi connectivity index (χ1) is 13.8. The van der Waals surface area contributed by atoms with Crippen LogP contribution in [0.4, 0.5) is 14.6 Å². The number of aromatic nitrogens is 3. The molecule has 0 fully saturated rings. The zero-order valence-electron chi connectivity index (χ0n) is 16.6. The summed E-state index contributed by atoms with van der Waals surface area (Å²) in [5.74, 6) is -1.12. The van der Waals surface area contributed by atoms with Crippen LogP contribution in [0.25, 0.3) is 5.65 Å². The third-order valence-corrected chi connectivity index (χ3v) is 5.09. The highest BCUT2D eigenvalue weighted by Gasteiger charge is 2.28. The Kier molecular flexibility index (Phi) is 4.60. The van der Waals surface area contributed by atoms with E-state index in [1.165, 1.54) is 11.0 Å². The van der Waals surface area contributed by atoms with E-state index in [-0.39, 0.29) is 22.9 Å². The number of ether oxygens (including phenoxy) is 1. The van der Waals surface area contributed by atoms with Crippen molar-refractivity contribution in [2.75, 3.05) is 26.0 Å². The Morgan fingerprint density at radius 1 is 1.28 bits per heavy atom. The van der Waals surface area contributed by atoms with Gasteiger partial charge in [-0.05, 0) is 13.8 Å². The molecule has 2 aromatic heterocycles. The van der Waals surface area contributed by atoms with Gasteiger partial charge in [0.15, 0.2) is 11.5 Å². The number of rotatable bonds is 3. The second-order valence-corrected chi connectivity index (χ2v) is 7.28. The van der Waals surface area contributed by atoms with E-state index >= 15 is 0 Å². The molecule has 1 unspecified atom stereocenters. The number of hydrogen-bond acceptors (Lipinski definition) is 5. The Morgan fingerprint density at radius 2 is 2.03 bits per heavy atom. The molecule has 1 aromatic carbocycles. The Labute approximate surface area is 166 Å². The van der Waals surface area contributed by atoms with Gasteiger partial charge in [-0.1, -0.05) is 0 Å². The minimum absolute atomic E-state index is 0.165. The molecule has 0 aliphatic carbocycles. The Hall–Kier alpha value is -3.23. The van der Waals surface area contributed by atoms with Crippen molar-refractivity contribution in [3.63, 3.8) is 0 Å². The predicted octanol–water partition coefficient (Wildman–Crippen LogP) is 3.26. The number of amides is 1. The lowest BCUT2D eigenvalue weighted by Gasteiger charge is -2.27. The van der Waals surface area contributed by atoms with Crippen molar-refractivity contribution in [2.24, 2.45) is 0 Å². The summed E-state index contributed by atoms with van der Waals surface area (Å²) >= 11 is 0. The van der Waals surface area contributed by atoms with Gasteiger partial charge in [-0.3, -0.25) is 9.20 Å². The predicted molar refractivity (Wildman–Crippen MR) is 103 cm³/mol. The Balaban J connectivity index is 1.83. The third kappa shape index (κ3) is 3.26. The SMILES string of the molecule is Cc1nc2c(NC3CCOc4cc(F)cc(F)c43)nc(C(=O)N(C)C)cn2c1C. The second kappa shape index (κ2) is 6.98. The lowest BCUT2D eigenvalue weighted by Crippen LogP contribution is -2.25. The number of carbonyl (C=O) groups excluding carboxylic acids is 1. The summed E-state index contributed by atoms with van der Waals surface area (Å²) in [7, 11) is 3.29. The molecular weight excluding hydrogens is 380 g/mol. The topological polar surface area (TPSA) is 71.8 Å². The summed E-state index contributed by atoms with van der Waals surface area (Å²) in [5.41, 5.74) is 2.67. The molecule has 1 amide bonds. The van der Waals surface area contributed by atoms with Crippen LogP contribution in [0.2, 0.25) is 0 Å². The van der Waals surface area contributed by atoms with Crippen LogP contribution in [0.1, 0.15) is 39.9 Å². The first-order valence-corrected chi connectivity index (χ1v) is 9.22. The van der Waals surface area contributed by atoms with E-state index in [0.29, 0.717) is 24.5 Å². The quantitative estimate of drug-likeness (QED) is 0.729. The van der Waals surface area contributed by atoms with Crippen LogP contribution in [0.15, 0.2) is 18.3 Å². The van der Waals surface area contributed by atoms with E-state index in [9.17, 15) is 13.6 Å². The Morgan fingerprint density at radius 3 is 2.76 bits per heavy atom. The monoisotopic (exact) mass is 401 g/mol. The molecule has 4 rings (SSSR count). The molecule has 152 valence electrons. The van der Waals surface area contributed by atoms with Crippen molar-refractivity contribution in [1.29, 1.82) is 0 Å². The van der Waals surface area contributed by atoms with Crippen LogP contribution < -0.4 is 10.1 Å². The van der Waals surface area contributed by atoms with Crippen LogP contribution in [0.5, 0.6) is 5.75 Å². The average molecular weight is 401 g/mol. The first-order valence-electron chi connectivity index (χ1n) is 9.22. The summed E-state index contributed by atoms with van der Waals surface area (Å²) in [4.78, 5) is 23.0. The molecule has 3 heterocycles. The standard InChI is InChI=1S/C20H21F2N5O2/c1-10-11(2)27-9-15(20(28)26(3)4)25-18(19(27)23-10)24-14-5-6-29-16-8-12(21)7-13(22)17(14)16/h7-9,14H,5-6H2,1-4H3,(H,24,25). The van der Waals surface area contributed by atoms with Crippen molar-refractivity contribution >= 4 is 17.4 Å². The van der Waals surface area contributed by atoms with E-state index in [0.717, 1.165) is 17.5 Å². The van der Waals surface area contributed by atoms with Crippen molar-refractivity contribution < 1.29 is 18.3 Å². The molecule has 1 N–H and O–H groups in total. The van der Waals surface area contributed by atoms with Gasteiger partial charge in [0.05, 0.1) is 23.9 Å². The summed E-state index contributed by atoms with van der Waals surface area (Å²) in [6.07, 6.45) is 2.10. The van der Waals surface area contributed by atoms with Crippen LogP contribution in [0, 0.1) is 25.5 Å². The number of nitrogens with one attached hydrogen (secondary N) is 1. The lowest BCUT2D eigenvalue weighted by molar-refractivity contribution is 0.0821. The van der Waals surface area contributed by atoms with Gasteiger partial charge in [-0.25, -0.2) is 18.7 Å². The molecule has 1 atom stereocenters. The molecular formula is C20H21F2N5O2. The van der Waals surface area contributed by atoms with Crippen LogP contribution in [0.3, 0.4) is 0 Å². The maximum Gasteiger partial charge on any atom is 0.273 e. The number of imidazole rings is 1.